The minimum absolute atomic E-state index is 0.102. The number of carboxylic acid groups (broad SMARTS) is 1. The van der Waals surface area contributed by atoms with Crippen LogP contribution >= 0.6 is 11.6 Å². The molecule has 1 rings (SSSR count). The van der Waals surface area contributed by atoms with Crippen LogP contribution in [-0.4, -0.2) is 43.3 Å². The van der Waals surface area contributed by atoms with Gasteiger partial charge in [-0.05, 0) is 25.7 Å². The van der Waals surface area contributed by atoms with E-state index in [0.29, 0.717) is 13.0 Å². The number of aliphatic carboxylic acids is 1. The second kappa shape index (κ2) is 7.87. The zero-order valence-corrected chi connectivity index (χ0v) is 10.7. The van der Waals surface area contributed by atoms with E-state index in [-0.39, 0.29) is 18.5 Å². The normalized spacial score (nSPS) is 26.7. The van der Waals surface area contributed by atoms with E-state index in [0.717, 1.165) is 19.3 Å². The van der Waals surface area contributed by atoms with E-state index in [1.807, 2.05) is 0 Å². The molecule has 6 heteroatoms. The fourth-order valence-corrected chi connectivity index (χ4v) is 1.95. The van der Waals surface area contributed by atoms with Crippen molar-refractivity contribution in [1.29, 1.82) is 0 Å². The molecule has 0 saturated carbocycles. The molecule has 1 aliphatic heterocycles. The highest BCUT2D eigenvalue weighted by molar-refractivity contribution is 6.19. The number of alkyl halides is 1. The molecular weight excluding hydrogens is 248 g/mol. The van der Waals surface area contributed by atoms with Crippen molar-refractivity contribution in [2.24, 2.45) is 5.92 Å². The van der Waals surface area contributed by atoms with Crippen molar-refractivity contribution in [2.45, 2.75) is 38.3 Å². The molecule has 100 valence electrons. The number of carboxylic acids is 1. The number of hydrogen-bond acceptors (Lipinski definition) is 4. The lowest BCUT2D eigenvalue weighted by molar-refractivity contribution is -0.260. The van der Waals surface area contributed by atoms with Crippen LogP contribution in [0.3, 0.4) is 0 Å². The summed E-state index contributed by atoms with van der Waals surface area (Å²) in [5.41, 5.74) is 0. The highest BCUT2D eigenvalue weighted by atomic mass is 35.5. The first kappa shape index (κ1) is 14.7. The van der Waals surface area contributed by atoms with Crippen LogP contribution in [0.15, 0.2) is 0 Å². The Kier molecular flexibility index (Phi) is 6.80. The molecule has 3 unspecified atom stereocenters. The summed E-state index contributed by atoms with van der Waals surface area (Å²) in [6.45, 7) is 0.338. The van der Waals surface area contributed by atoms with Crippen molar-refractivity contribution < 1.29 is 24.1 Å². The van der Waals surface area contributed by atoms with Gasteiger partial charge in [0.05, 0.1) is 12.5 Å². The summed E-state index contributed by atoms with van der Waals surface area (Å²) in [5.74, 6) is -1.34. The molecule has 17 heavy (non-hydrogen) atoms. The van der Waals surface area contributed by atoms with E-state index in [2.05, 4.69) is 0 Å². The van der Waals surface area contributed by atoms with E-state index < -0.39 is 11.9 Å². The molecule has 0 aromatic heterocycles. The molecule has 1 heterocycles. The first-order valence-electron chi connectivity index (χ1n) is 5.76. The zero-order valence-electron chi connectivity index (χ0n) is 9.93. The quantitative estimate of drug-likeness (QED) is 0.712. The van der Waals surface area contributed by atoms with Crippen LogP contribution in [0.2, 0.25) is 0 Å². The fraction of sp³-hybridized carbons (Fsp3) is 0.909. The Morgan fingerprint density at radius 2 is 2.24 bits per heavy atom. The molecule has 1 N–H and O–H groups in total. The third kappa shape index (κ3) is 5.21. The van der Waals surface area contributed by atoms with E-state index in [1.165, 1.54) is 0 Å². The second-order valence-corrected chi connectivity index (χ2v) is 4.32. The first-order valence-corrected chi connectivity index (χ1v) is 6.29. The predicted octanol–water partition coefficient (Wildman–Crippen LogP) is 1.83. The lowest BCUT2D eigenvalue weighted by Crippen LogP contribution is -2.31. The molecule has 0 aliphatic carbocycles. The van der Waals surface area contributed by atoms with Crippen LogP contribution in [0.1, 0.15) is 25.7 Å². The molecule has 0 spiro atoms. The van der Waals surface area contributed by atoms with Crippen LogP contribution < -0.4 is 0 Å². The number of methoxy groups -OCH3 is 1. The average molecular weight is 267 g/mol. The molecule has 0 radical (unpaired) electrons. The topological polar surface area (TPSA) is 65.0 Å². The fourth-order valence-electron chi connectivity index (χ4n) is 1.66. The number of ether oxygens (including phenoxy) is 3. The molecule has 3 atom stereocenters. The van der Waals surface area contributed by atoms with Crippen LogP contribution in [0.4, 0.5) is 0 Å². The Bertz CT molecular complexity index is 236. The Labute approximate surface area is 106 Å². The van der Waals surface area contributed by atoms with Crippen molar-refractivity contribution in [3.8, 4) is 0 Å². The molecule has 0 amide bonds. The van der Waals surface area contributed by atoms with Gasteiger partial charge in [0.25, 0.3) is 0 Å². The predicted molar refractivity (Wildman–Crippen MR) is 61.9 cm³/mol. The van der Waals surface area contributed by atoms with Crippen molar-refractivity contribution in [3.05, 3.63) is 0 Å². The van der Waals surface area contributed by atoms with Crippen LogP contribution in [-0.2, 0) is 19.0 Å². The molecule has 1 fully saturated rings. The molecular formula is C11H19ClO5. The van der Waals surface area contributed by atoms with E-state index >= 15 is 0 Å². The summed E-state index contributed by atoms with van der Waals surface area (Å²) in [6.07, 6.45) is 2.57. The Morgan fingerprint density at radius 3 is 2.82 bits per heavy atom. The maximum Gasteiger partial charge on any atom is 0.307 e. The third-order valence-electron chi connectivity index (χ3n) is 2.75. The summed E-state index contributed by atoms with van der Waals surface area (Å²) in [4.78, 5) is 10.7. The number of carbonyl (C=O) groups is 1. The van der Waals surface area contributed by atoms with Gasteiger partial charge >= 0.3 is 5.97 Å². The van der Waals surface area contributed by atoms with Gasteiger partial charge in [-0.2, -0.15) is 0 Å². The molecule has 0 bridgehead atoms. The number of hydrogen-bond donors (Lipinski definition) is 1. The standard InChI is InChI=1S/C11H19ClO5/c1-15-9-3-2-4-10(17-9)16-6-5-8(7-12)11(13)14/h8-10H,2-7H2,1H3,(H,13,14). The zero-order chi connectivity index (χ0) is 12.7. The first-order chi connectivity index (χ1) is 8.17. The summed E-state index contributed by atoms with van der Waals surface area (Å²) < 4.78 is 16.1. The Hall–Kier alpha value is -0.360. The van der Waals surface area contributed by atoms with Crippen LogP contribution in [0.5, 0.6) is 0 Å². The van der Waals surface area contributed by atoms with Gasteiger partial charge < -0.3 is 19.3 Å². The van der Waals surface area contributed by atoms with Crippen LogP contribution in [0.25, 0.3) is 0 Å². The lowest BCUT2D eigenvalue weighted by Gasteiger charge is -2.29. The maximum atomic E-state index is 10.7. The molecule has 5 nitrogen and oxygen atoms in total. The van der Waals surface area contributed by atoms with Crippen molar-refractivity contribution in [2.75, 3.05) is 19.6 Å². The SMILES string of the molecule is COC1CCCC(OCCC(CCl)C(=O)O)O1. The van der Waals surface area contributed by atoms with Crippen LogP contribution in [0, 0.1) is 5.92 Å². The van der Waals surface area contributed by atoms with Gasteiger partial charge in [0.15, 0.2) is 12.6 Å². The summed E-state index contributed by atoms with van der Waals surface area (Å²) in [5, 5.41) is 8.80. The largest absolute Gasteiger partial charge is 0.481 e. The van der Waals surface area contributed by atoms with Gasteiger partial charge in [-0.15, -0.1) is 11.6 Å². The smallest absolute Gasteiger partial charge is 0.307 e. The molecule has 0 aromatic rings. The van der Waals surface area contributed by atoms with Gasteiger partial charge in [0, 0.05) is 13.0 Å². The van der Waals surface area contributed by atoms with Gasteiger partial charge in [-0.3, -0.25) is 4.79 Å². The average Bonchev–Trinajstić information content (AvgIpc) is 2.34. The molecule has 0 aromatic carbocycles. The molecule has 1 aliphatic rings. The monoisotopic (exact) mass is 266 g/mol. The van der Waals surface area contributed by atoms with Crippen molar-refractivity contribution in [1.82, 2.24) is 0 Å². The van der Waals surface area contributed by atoms with Gasteiger partial charge in [0.1, 0.15) is 0 Å². The van der Waals surface area contributed by atoms with E-state index in [9.17, 15) is 4.79 Å². The number of rotatable bonds is 7. The maximum absolute atomic E-state index is 10.7. The van der Waals surface area contributed by atoms with E-state index in [1.54, 1.807) is 7.11 Å². The van der Waals surface area contributed by atoms with Gasteiger partial charge in [-0.25, -0.2) is 0 Å². The van der Waals surface area contributed by atoms with Gasteiger partial charge in [0.2, 0.25) is 0 Å². The van der Waals surface area contributed by atoms with Crippen molar-refractivity contribution in [3.63, 3.8) is 0 Å². The Balaban J connectivity index is 2.19. The summed E-state index contributed by atoms with van der Waals surface area (Å²) in [6, 6.07) is 0. The minimum atomic E-state index is -0.886. The second-order valence-electron chi connectivity index (χ2n) is 4.01. The highest BCUT2D eigenvalue weighted by Gasteiger charge is 2.23. The third-order valence-corrected chi connectivity index (χ3v) is 3.12. The van der Waals surface area contributed by atoms with Crippen molar-refractivity contribution >= 4 is 17.6 Å². The molecule has 1 saturated heterocycles. The summed E-state index contributed by atoms with van der Waals surface area (Å²) in [7, 11) is 1.60. The number of halogens is 1. The minimum Gasteiger partial charge on any atom is -0.481 e. The van der Waals surface area contributed by atoms with E-state index in [4.69, 9.17) is 30.9 Å². The summed E-state index contributed by atoms with van der Waals surface area (Å²) >= 11 is 5.54. The highest BCUT2D eigenvalue weighted by Crippen LogP contribution is 2.20. The Morgan fingerprint density at radius 1 is 1.53 bits per heavy atom. The van der Waals surface area contributed by atoms with Gasteiger partial charge in [-0.1, -0.05) is 0 Å². The lowest BCUT2D eigenvalue weighted by atomic mass is 10.1.